The standard InChI is InChI=1S/C16H18N4O5S/c21-16(18-22)4-1-13-5-6-20(12-13)26(23,24)14-2-3-15(17-11-14)19-7-9-25-10-8-19/h1-6,11-12,22H,7-10H2,(H,18,21). The van der Waals surface area contributed by atoms with Crippen molar-refractivity contribution in [1.29, 1.82) is 0 Å². The number of nitrogens with one attached hydrogen (secondary N) is 1. The fourth-order valence-electron chi connectivity index (χ4n) is 2.48. The SMILES string of the molecule is O=C(C=Cc1ccn(S(=O)(=O)c2ccc(N3CCOCC3)nc2)c1)NO. The van der Waals surface area contributed by atoms with Gasteiger partial charge in [-0.25, -0.2) is 22.9 Å². The molecule has 0 unspecified atom stereocenters. The average molecular weight is 378 g/mol. The summed E-state index contributed by atoms with van der Waals surface area (Å²) in [6.45, 7) is 2.67. The topological polar surface area (TPSA) is 114 Å². The van der Waals surface area contributed by atoms with Gasteiger partial charge in [0.2, 0.25) is 0 Å². The van der Waals surface area contributed by atoms with Crippen molar-refractivity contribution in [2.45, 2.75) is 4.90 Å². The van der Waals surface area contributed by atoms with Gasteiger partial charge in [-0.05, 0) is 29.8 Å². The first-order chi connectivity index (χ1) is 12.5. The van der Waals surface area contributed by atoms with Crippen molar-refractivity contribution in [3.8, 4) is 0 Å². The molecule has 1 saturated heterocycles. The zero-order valence-electron chi connectivity index (χ0n) is 13.8. The number of carbonyl (C=O) groups is 1. The maximum Gasteiger partial charge on any atom is 0.269 e. The normalized spacial score (nSPS) is 15.3. The summed E-state index contributed by atoms with van der Waals surface area (Å²) >= 11 is 0. The molecule has 3 heterocycles. The second-order valence-corrected chi connectivity index (χ2v) is 7.38. The first-order valence-corrected chi connectivity index (χ1v) is 9.29. The van der Waals surface area contributed by atoms with Crippen molar-refractivity contribution in [3.63, 3.8) is 0 Å². The van der Waals surface area contributed by atoms with Crippen LogP contribution in [-0.2, 0) is 19.6 Å². The molecule has 1 aliphatic rings. The molecule has 1 amide bonds. The van der Waals surface area contributed by atoms with Crippen LogP contribution in [0.3, 0.4) is 0 Å². The highest BCUT2D eigenvalue weighted by Gasteiger charge is 2.18. The van der Waals surface area contributed by atoms with Gasteiger partial charge in [-0.2, -0.15) is 0 Å². The lowest BCUT2D eigenvalue weighted by molar-refractivity contribution is -0.124. The molecule has 1 aliphatic heterocycles. The van der Waals surface area contributed by atoms with E-state index >= 15 is 0 Å². The minimum absolute atomic E-state index is 0.0636. The molecule has 26 heavy (non-hydrogen) atoms. The van der Waals surface area contributed by atoms with Crippen LogP contribution in [0.2, 0.25) is 0 Å². The number of carbonyl (C=O) groups excluding carboxylic acids is 1. The molecule has 0 aromatic carbocycles. The van der Waals surface area contributed by atoms with E-state index < -0.39 is 15.9 Å². The Balaban J connectivity index is 1.78. The Kier molecular flexibility index (Phi) is 5.35. The maximum atomic E-state index is 12.7. The fraction of sp³-hybridized carbons (Fsp3) is 0.250. The van der Waals surface area contributed by atoms with E-state index in [4.69, 9.17) is 9.94 Å². The third kappa shape index (κ3) is 3.93. The molecule has 2 N–H and O–H groups in total. The van der Waals surface area contributed by atoms with E-state index in [9.17, 15) is 13.2 Å². The molecule has 0 bridgehead atoms. The molecule has 138 valence electrons. The van der Waals surface area contributed by atoms with Crippen LogP contribution in [0.1, 0.15) is 5.56 Å². The number of pyridine rings is 1. The summed E-state index contributed by atoms with van der Waals surface area (Å²) in [5.74, 6) is 0.00176. The number of aromatic nitrogens is 2. The van der Waals surface area contributed by atoms with Crippen LogP contribution < -0.4 is 10.4 Å². The van der Waals surface area contributed by atoms with Crippen LogP contribution in [0, 0.1) is 0 Å². The highest BCUT2D eigenvalue weighted by molar-refractivity contribution is 7.90. The van der Waals surface area contributed by atoms with E-state index in [-0.39, 0.29) is 4.90 Å². The number of ether oxygens (including phenoxy) is 1. The monoisotopic (exact) mass is 378 g/mol. The number of amides is 1. The van der Waals surface area contributed by atoms with Gasteiger partial charge in [-0.3, -0.25) is 10.0 Å². The van der Waals surface area contributed by atoms with Gasteiger partial charge >= 0.3 is 0 Å². The largest absolute Gasteiger partial charge is 0.378 e. The van der Waals surface area contributed by atoms with Crippen LogP contribution in [0.4, 0.5) is 5.82 Å². The van der Waals surface area contributed by atoms with Gasteiger partial charge in [0.05, 0.1) is 13.2 Å². The van der Waals surface area contributed by atoms with Gasteiger partial charge in [0.15, 0.2) is 0 Å². The first-order valence-electron chi connectivity index (χ1n) is 7.85. The van der Waals surface area contributed by atoms with Crippen LogP contribution in [0.15, 0.2) is 47.8 Å². The number of hydrogen-bond donors (Lipinski definition) is 2. The minimum Gasteiger partial charge on any atom is -0.378 e. The Morgan fingerprint density at radius 2 is 2.04 bits per heavy atom. The van der Waals surface area contributed by atoms with Gasteiger partial charge < -0.3 is 9.64 Å². The molecule has 0 aliphatic carbocycles. The molecular weight excluding hydrogens is 360 g/mol. The molecule has 0 saturated carbocycles. The van der Waals surface area contributed by atoms with Crippen molar-refractivity contribution in [2.75, 3.05) is 31.2 Å². The summed E-state index contributed by atoms with van der Waals surface area (Å²) in [6.07, 6.45) is 6.55. The second-order valence-electron chi connectivity index (χ2n) is 5.54. The highest BCUT2D eigenvalue weighted by atomic mass is 32.2. The lowest BCUT2D eigenvalue weighted by atomic mass is 10.3. The predicted octanol–water partition coefficient (Wildman–Crippen LogP) is 0.475. The Morgan fingerprint density at radius 1 is 1.27 bits per heavy atom. The van der Waals surface area contributed by atoms with Gasteiger partial charge in [0, 0.05) is 37.8 Å². The highest BCUT2D eigenvalue weighted by Crippen LogP contribution is 2.19. The van der Waals surface area contributed by atoms with E-state index in [1.165, 1.54) is 42.3 Å². The zero-order chi connectivity index (χ0) is 18.6. The zero-order valence-corrected chi connectivity index (χ0v) is 14.6. The summed E-state index contributed by atoms with van der Waals surface area (Å²) in [7, 11) is -3.78. The molecule has 3 rings (SSSR count). The van der Waals surface area contributed by atoms with Gasteiger partial charge in [0.1, 0.15) is 10.7 Å². The van der Waals surface area contributed by atoms with Crippen LogP contribution in [0.25, 0.3) is 6.08 Å². The molecule has 0 spiro atoms. The Morgan fingerprint density at radius 3 is 2.69 bits per heavy atom. The van der Waals surface area contributed by atoms with Crippen molar-refractivity contribution < 1.29 is 23.2 Å². The quantitative estimate of drug-likeness (QED) is 0.442. The maximum absolute atomic E-state index is 12.7. The third-order valence-corrected chi connectivity index (χ3v) is 5.48. The molecule has 1 fully saturated rings. The van der Waals surface area contributed by atoms with Gasteiger partial charge in [0.25, 0.3) is 15.9 Å². The van der Waals surface area contributed by atoms with E-state index in [1.807, 2.05) is 4.90 Å². The number of hydroxylamine groups is 1. The van der Waals surface area contributed by atoms with E-state index in [0.717, 1.165) is 10.0 Å². The molecule has 10 heteroatoms. The lowest BCUT2D eigenvalue weighted by Crippen LogP contribution is -2.36. The van der Waals surface area contributed by atoms with Crippen molar-refractivity contribution in [2.24, 2.45) is 0 Å². The predicted molar refractivity (Wildman–Crippen MR) is 93.2 cm³/mol. The number of morpholine rings is 1. The average Bonchev–Trinajstić information content (AvgIpc) is 3.17. The van der Waals surface area contributed by atoms with Crippen LogP contribution in [-0.4, -0.2) is 54.8 Å². The summed E-state index contributed by atoms with van der Waals surface area (Å²) in [5.41, 5.74) is 1.95. The number of rotatable bonds is 5. The minimum atomic E-state index is -3.78. The Hall–Kier alpha value is -2.69. The summed E-state index contributed by atoms with van der Waals surface area (Å²) < 4.78 is 31.7. The second kappa shape index (κ2) is 7.68. The van der Waals surface area contributed by atoms with E-state index in [2.05, 4.69) is 4.98 Å². The number of nitrogens with zero attached hydrogens (tertiary/aromatic N) is 3. The first kappa shape index (κ1) is 18.1. The summed E-state index contributed by atoms with van der Waals surface area (Å²) in [6, 6.07) is 4.73. The molecule has 9 nitrogen and oxygen atoms in total. The van der Waals surface area contributed by atoms with E-state index in [1.54, 1.807) is 6.07 Å². The number of anilines is 1. The van der Waals surface area contributed by atoms with Crippen molar-refractivity contribution in [3.05, 3.63) is 48.4 Å². The molecule has 0 atom stereocenters. The Bertz CT molecular complexity index is 899. The fourth-order valence-corrected chi connectivity index (χ4v) is 3.63. The van der Waals surface area contributed by atoms with E-state index in [0.29, 0.717) is 37.7 Å². The molecule has 2 aromatic rings. The smallest absolute Gasteiger partial charge is 0.269 e. The summed E-state index contributed by atoms with van der Waals surface area (Å²) in [5, 5.41) is 8.44. The Labute approximate surface area is 150 Å². The van der Waals surface area contributed by atoms with Crippen molar-refractivity contribution >= 4 is 27.8 Å². The van der Waals surface area contributed by atoms with Crippen molar-refractivity contribution in [1.82, 2.24) is 14.4 Å². The van der Waals surface area contributed by atoms with Crippen LogP contribution in [0.5, 0.6) is 0 Å². The summed E-state index contributed by atoms with van der Waals surface area (Å²) in [4.78, 5) is 17.3. The van der Waals surface area contributed by atoms with Gasteiger partial charge in [-0.1, -0.05) is 0 Å². The third-order valence-electron chi connectivity index (χ3n) is 3.86. The number of hydrogen-bond acceptors (Lipinski definition) is 7. The van der Waals surface area contributed by atoms with Crippen LogP contribution >= 0.6 is 0 Å². The molecular formula is C16H18N4O5S. The van der Waals surface area contributed by atoms with Gasteiger partial charge in [-0.15, -0.1) is 0 Å². The molecule has 0 radical (unpaired) electrons. The lowest BCUT2D eigenvalue weighted by Gasteiger charge is -2.27. The molecule has 2 aromatic heterocycles.